The Bertz CT molecular complexity index is 623. The molecule has 0 aliphatic carbocycles. The fourth-order valence-corrected chi connectivity index (χ4v) is 2.18. The van der Waals surface area contributed by atoms with Crippen LogP contribution < -0.4 is 10.1 Å². The van der Waals surface area contributed by atoms with Crippen molar-refractivity contribution in [3.8, 4) is 5.75 Å². The standard InChI is InChI=1S/C17H20FNO/c1-11-7-13(3)14(8-12(11)2)10-19-15-5-6-17(20-4)16(18)9-15/h5-9,19H,10H2,1-4H3. The highest BCUT2D eigenvalue weighted by Gasteiger charge is 2.05. The summed E-state index contributed by atoms with van der Waals surface area (Å²) in [4.78, 5) is 0. The Labute approximate surface area is 119 Å². The maximum Gasteiger partial charge on any atom is 0.167 e. The number of nitrogens with one attached hydrogen (secondary N) is 1. The number of anilines is 1. The van der Waals surface area contributed by atoms with E-state index in [1.54, 1.807) is 6.07 Å². The Morgan fingerprint density at radius 3 is 2.35 bits per heavy atom. The van der Waals surface area contributed by atoms with Crippen molar-refractivity contribution in [2.45, 2.75) is 27.3 Å². The fourth-order valence-electron chi connectivity index (χ4n) is 2.18. The maximum absolute atomic E-state index is 13.6. The molecule has 0 spiro atoms. The second kappa shape index (κ2) is 5.95. The number of aryl methyl sites for hydroxylation is 3. The molecular weight excluding hydrogens is 253 g/mol. The van der Waals surface area contributed by atoms with E-state index in [0.29, 0.717) is 6.54 Å². The summed E-state index contributed by atoms with van der Waals surface area (Å²) in [5, 5.41) is 3.25. The van der Waals surface area contributed by atoms with Gasteiger partial charge in [-0.2, -0.15) is 0 Å². The summed E-state index contributed by atoms with van der Waals surface area (Å²) in [5.41, 5.74) is 5.79. The zero-order valence-corrected chi connectivity index (χ0v) is 12.4. The van der Waals surface area contributed by atoms with E-state index in [1.165, 1.54) is 35.4 Å². The molecule has 20 heavy (non-hydrogen) atoms. The van der Waals surface area contributed by atoms with Crippen LogP contribution in [0, 0.1) is 26.6 Å². The molecule has 0 atom stereocenters. The predicted octanol–water partition coefficient (Wildman–Crippen LogP) is 4.37. The van der Waals surface area contributed by atoms with Gasteiger partial charge in [0.1, 0.15) is 0 Å². The van der Waals surface area contributed by atoms with Gasteiger partial charge in [0.2, 0.25) is 0 Å². The molecule has 3 heteroatoms. The molecule has 0 saturated carbocycles. The smallest absolute Gasteiger partial charge is 0.167 e. The van der Waals surface area contributed by atoms with Crippen molar-refractivity contribution in [2.24, 2.45) is 0 Å². The number of hydrogen-bond acceptors (Lipinski definition) is 2. The number of benzene rings is 2. The Morgan fingerprint density at radius 2 is 1.70 bits per heavy atom. The van der Waals surface area contributed by atoms with Crippen molar-refractivity contribution < 1.29 is 9.13 Å². The normalized spacial score (nSPS) is 10.4. The highest BCUT2D eigenvalue weighted by molar-refractivity contribution is 5.48. The van der Waals surface area contributed by atoms with Crippen LogP contribution in [0.3, 0.4) is 0 Å². The van der Waals surface area contributed by atoms with Gasteiger partial charge in [0.05, 0.1) is 7.11 Å². The second-order valence-corrected chi connectivity index (χ2v) is 5.07. The summed E-state index contributed by atoms with van der Waals surface area (Å²) >= 11 is 0. The SMILES string of the molecule is COc1ccc(NCc2cc(C)c(C)cc2C)cc1F. The first-order valence-electron chi connectivity index (χ1n) is 6.65. The summed E-state index contributed by atoms with van der Waals surface area (Å²) in [7, 11) is 1.46. The first-order chi connectivity index (χ1) is 9.51. The minimum absolute atomic E-state index is 0.262. The van der Waals surface area contributed by atoms with Gasteiger partial charge >= 0.3 is 0 Å². The summed E-state index contributed by atoms with van der Waals surface area (Å²) in [5.74, 6) is -0.0905. The number of ether oxygens (including phenoxy) is 1. The molecule has 0 fully saturated rings. The molecule has 2 rings (SSSR count). The van der Waals surface area contributed by atoms with E-state index in [1.807, 2.05) is 6.07 Å². The maximum atomic E-state index is 13.6. The van der Waals surface area contributed by atoms with Crippen LogP contribution in [0.4, 0.5) is 10.1 Å². The van der Waals surface area contributed by atoms with Gasteiger partial charge in [0.15, 0.2) is 11.6 Å². The van der Waals surface area contributed by atoms with Gasteiger partial charge in [-0.05, 0) is 55.2 Å². The van der Waals surface area contributed by atoms with Crippen molar-refractivity contribution in [3.05, 3.63) is 58.4 Å². The van der Waals surface area contributed by atoms with Gasteiger partial charge in [-0.25, -0.2) is 4.39 Å². The highest BCUT2D eigenvalue weighted by atomic mass is 19.1. The third-order valence-corrected chi connectivity index (χ3v) is 3.59. The van der Waals surface area contributed by atoms with Crippen molar-refractivity contribution >= 4 is 5.69 Å². The van der Waals surface area contributed by atoms with Crippen molar-refractivity contribution in [3.63, 3.8) is 0 Å². The molecule has 106 valence electrons. The molecule has 0 unspecified atom stereocenters. The van der Waals surface area contributed by atoms with Crippen LogP contribution in [0.15, 0.2) is 30.3 Å². The second-order valence-electron chi connectivity index (χ2n) is 5.07. The average molecular weight is 273 g/mol. The molecule has 0 amide bonds. The zero-order valence-electron chi connectivity index (χ0n) is 12.4. The Kier molecular flexibility index (Phi) is 4.28. The lowest BCUT2D eigenvalue weighted by Gasteiger charge is -2.12. The summed E-state index contributed by atoms with van der Waals surface area (Å²) in [6, 6.07) is 9.26. The average Bonchev–Trinajstić information content (AvgIpc) is 2.41. The van der Waals surface area contributed by atoms with E-state index in [4.69, 9.17) is 4.74 Å². The molecule has 0 bridgehead atoms. The summed E-state index contributed by atoms with van der Waals surface area (Å²) < 4.78 is 18.5. The van der Waals surface area contributed by atoms with Gasteiger partial charge < -0.3 is 10.1 Å². The van der Waals surface area contributed by atoms with E-state index < -0.39 is 0 Å². The van der Waals surface area contributed by atoms with Crippen LogP contribution in [-0.2, 0) is 6.54 Å². The van der Waals surface area contributed by atoms with Gasteiger partial charge in [-0.1, -0.05) is 12.1 Å². The van der Waals surface area contributed by atoms with E-state index in [0.717, 1.165) is 5.69 Å². The molecule has 0 radical (unpaired) electrons. The molecule has 1 N–H and O–H groups in total. The molecule has 2 aromatic rings. The predicted molar refractivity (Wildman–Crippen MR) is 80.9 cm³/mol. The van der Waals surface area contributed by atoms with Crippen LogP contribution in [-0.4, -0.2) is 7.11 Å². The van der Waals surface area contributed by atoms with Crippen molar-refractivity contribution in [1.29, 1.82) is 0 Å². The van der Waals surface area contributed by atoms with Crippen LogP contribution in [0.25, 0.3) is 0 Å². The van der Waals surface area contributed by atoms with Gasteiger partial charge in [-0.3, -0.25) is 0 Å². The molecule has 0 aliphatic rings. The molecule has 0 heterocycles. The lowest BCUT2D eigenvalue weighted by Crippen LogP contribution is -2.03. The Hall–Kier alpha value is -2.03. The third kappa shape index (κ3) is 3.10. The first-order valence-corrected chi connectivity index (χ1v) is 6.65. The molecule has 0 saturated heterocycles. The number of halogens is 1. The Morgan fingerprint density at radius 1 is 1.00 bits per heavy atom. The fraction of sp³-hybridized carbons (Fsp3) is 0.294. The number of methoxy groups -OCH3 is 1. The summed E-state index contributed by atoms with van der Waals surface area (Å²) in [6.45, 7) is 6.99. The van der Waals surface area contributed by atoms with Gasteiger partial charge in [-0.15, -0.1) is 0 Å². The lowest BCUT2D eigenvalue weighted by atomic mass is 10.0. The lowest BCUT2D eigenvalue weighted by molar-refractivity contribution is 0.386. The monoisotopic (exact) mass is 273 g/mol. The van der Waals surface area contributed by atoms with E-state index in [-0.39, 0.29) is 11.6 Å². The van der Waals surface area contributed by atoms with E-state index in [2.05, 4.69) is 38.2 Å². The minimum atomic E-state index is -0.352. The molecule has 2 aromatic carbocycles. The molecule has 0 aliphatic heterocycles. The topological polar surface area (TPSA) is 21.3 Å². The highest BCUT2D eigenvalue weighted by Crippen LogP contribution is 2.22. The molecular formula is C17H20FNO. The van der Waals surface area contributed by atoms with E-state index in [9.17, 15) is 4.39 Å². The Balaban J connectivity index is 2.13. The van der Waals surface area contributed by atoms with Crippen molar-refractivity contribution in [2.75, 3.05) is 12.4 Å². The summed E-state index contributed by atoms with van der Waals surface area (Å²) in [6.07, 6.45) is 0. The van der Waals surface area contributed by atoms with Gasteiger partial charge in [0.25, 0.3) is 0 Å². The van der Waals surface area contributed by atoms with Crippen LogP contribution in [0.5, 0.6) is 5.75 Å². The van der Waals surface area contributed by atoms with Crippen LogP contribution in [0.1, 0.15) is 22.3 Å². The molecule has 0 aromatic heterocycles. The molecule has 2 nitrogen and oxygen atoms in total. The van der Waals surface area contributed by atoms with Gasteiger partial charge in [0, 0.05) is 18.3 Å². The van der Waals surface area contributed by atoms with E-state index >= 15 is 0 Å². The first kappa shape index (κ1) is 14.4. The van der Waals surface area contributed by atoms with Crippen LogP contribution in [0.2, 0.25) is 0 Å². The number of hydrogen-bond donors (Lipinski definition) is 1. The largest absolute Gasteiger partial charge is 0.494 e. The third-order valence-electron chi connectivity index (χ3n) is 3.59. The zero-order chi connectivity index (χ0) is 14.7. The van der Waals surface area contributed by atoms with Crippen molar-refractivity contribution in [1.82, 2.24) is 0 Å². The van der Waals surface area contributed by atoms with Crippen LogP contribution >= 0.6 is 0 Å². The number of rotatable bonds is 4. The quantitative estimate of drug-likeness (QED) is 0.893. The minimum Gasteiger partial charge on any atom is -0.494 e.